The van der Waals surface area contributed by atoms with Crippen molar-refractivity contribution in [1.29, 1.82) is 0 Å². The second-order valence-electron chi connectivity index (χ2n) is 14.1. The van der Waals surface area contributed by atoms with Crippen LogP contribution in [0.5, 0.6) is 0 Å². The van der Waals surface area contributed by atoms with Crippen LogP contribution in [0.2, 0.25) is 0 Å². The molecule has 0 radical (unpaired) electrons. The Morgan fingerprint density at radius 1 is 0.448 bits per heavy atom. The number of carbonyl (C=O) groups is 2. The number of ether oxygens (including phenoxy) is 1. The molecule has 1 N–H and O–H groups in total. The average Bonchev–Trinajstić information content (AvgIpc) is 3.28. The SMILES string of the molecule is O=C(O)/C=C(/CCc1ccc(-c2ccccc2)cc1)c1ccc2ccccc2c1.O=CO/C=C(\CCc1ccc(-c2ccccc2)cc1)c1ccc2ccccc2c1. The number of carboxylic acid groups (broad SMARTS) is 1. The molecule has 0 bridgehead atoms. The lowest BCUT2D eigenvalue weighted by Gasteiger charge is -2.10. The summed E-state index contributed by atoms with van der Waals surface area (Å²) < 4.78 is 4.98. The zero-order valence-corrected chi connectivity index (χ0v) is 32.2. The van der Waals surface area contributed by atoms with E-state index in [0.717, 1.165) is 52.3 Å². The summed E-state index contributed by atoms with van der Waals surface area (Å²) in [4.78, 5) is 22.1. The van der Waals surface area contributed by atoms with Gasteiger partial charge in [-0.3, -0.25) is 4.79 Å². The van der Waals surface area contributed by atoms with Crippen molar-refractivity contribution in [1.82, 2.24) is 0 Å². The highest BCUT2D eigenvalue weighted by atomic mass is 16.5. The maximum atomic E-state index is 11.4. The first kappa shape index (κ1) is 39.0. The second-order valence-corrected chi connectivity index (χ2v) is 14.1. The molecular weight excluding hydrogens is 713 g/mol. The van der Waals surface area contributed by atoms with Crippen LogP contribution in [0.3, 0.4) is 0 Å². The number of hydrogen-bond acceptors (Lipinski definition) is 3. The van der Waals surface area contributed by atoms with Crippen LogP contribution in [0.25, 0.3) is 54.9 Å². The Balaban J connectivity index is 0.000000177. The second kappa shape index (κ2) is 19.5. The van der Waals surface area contributed by atoms with E-state index in [4.69, 9.17) is 4.74 Å². The summed E-state index contributed by atoms with van der Waals surface area (Å²) >= 11 is 0. The van der Waals surface area contributed by atoms with E-state index < -0.39 is 5.97 Å². The summed E-state index contributed by atoms with van der Waals surface area (Å²) in [5.41, 5.74) is 11.2. The van der Waals surface area contributed by atoms with E-state index in [1.807, 2.05) is 54.6 Å². The van der Waals surface area contributed by atoms with Gasteiger partial charge >= 0.3 is 5.97 Å². The van der Waals surface area contributed by atoms with E-state index >= 15 is 0 Å². The van der Waals surface area contributed by atoms with Crippen LogP contribution < -0.4 is 0 Å². The number of carbonyl (C=O) groups excluding carboxylic acids is 1. The third-order valence-corrected chi connectivity index (χ3v) is 10.3. The quantitative estimate of drug-likeness (QED) is 0.0723. The highest BCUT2D eigenvalue weighted by Crippen LogP contribution is 2.28. The molecule has 0 fully saturated rings. The first-order valence-electron chi connectivity index (χ1n) is 19.5. The van der Waals surface area contributed by atoms with Crippen molar-refractivity contribution in [2.45, 2.75) is 25.7 Å². The van der Waals surface area contributed by atoms with Gasteiger partial charge in [0.15, 0.2) is 0 Å². The van der Waals surface area contributed by atoms with Crippen LogP contribution in [0, 0.1) is 0 Å². The lowest BCUT2D eigenvalue weighted by atomic mass is 9.95. The van der Waals surface area contributed by atoms with Gasteiger partial charge in [0, 0.05) is 6.08 Å². The molecule has 8 rings (SSSR count). The van der Waals surface area contributed by atoms with Crippen molar-refractivity contribution in [2.75, 3.05) is 0 Å². The Labute approximate surface area is 340 Å². The van der Waals surface area contributed by atoms with Gasteiger partial charge in [-0.1, -0.05) is 182 Å². The summed E-state index contributed by atoms with van der Waals surface area (Å²) in [6, 6.07) is 66.7. The highest BCUT2D eigenvalue weighted by Gasteiger charge is 2.09. The van der Waals surface area contributed by atoms with Gasteiger partial charge in [0.25, 0.3) is 6.47 Å². The molecule has 284 valence electrons. The van der Waals surface area contributed by atoms with E-state index in [0.29, 0.717) is 12.9 Å². The van der Waals surface area contributed by atoms with Crippen LogP contribution in [0.4, 0.5) is 0 Å². The summed E-state index contributed by atoms with van der Waals surface area (Å²) in [6.45, 7) is 0.468. The molecule has 8 aromatic rings. The molecule has 0 saturated carbocycles. The van der Waals surface area contributed by atoms with E-state index in [1.165, 1.54) is 50.2 Å². The average molecular weight is 757 g/mol. The molecule has 0 atom stereocenters. The molecule has 0 aliphatic rings. The number of aryl methyl sites for hydroxylation is 2. The van der Waals surface area contributed by atoms with Crippen molar-refractivity contribution in [3.63, 3.8) is 0 Å². The van der Waals surface area contributed by atoms with Crippen LogP contribution in [-0.4, -0.2) is 17.5 Å². The largest absolute Gasteiger partial charge is 0.478 e. The Kier molecular flexibility index (Phi) is 13.1. The maximum Gasteiger partial charge on any atom is 0.328 e. The summed E-state index contributed by atoms with van der Waals surface area (Å²) in [6.07, 6.45) is 6.03. The fraction of sp³-hybridized carbons (Fsp3) is 0.0741. The van der Waals surface area contributed by atoms with Crippen molar-refractivity contribution < 1.29 is 19.4 Å². The standard InChI is InChI=1S/2C27H22O2/c28-20-29-19-27(26-17-16-23-8-4-5-9-25(23)18-26)15-12-21-10-13-24(14-11-21)22-6-2-1-3-7-22;28-27(29)19-26(25-17-16-22-8-4-5-9-24(22)18-25)15-12-20-10-13-23(14-11-20)21-6-2-1-3-7-21/h1-11,13-14,16-20H,12,15H2;1-11,13-14,16-19H,12,15H2,(H,28,29)/b27-19+;26-19-. The molecule has 0 heterocycles. The Hall–Kier alpha value is -7.30. The minimum atomic E-state index is -0.910. The molecule has 0 amide bonds. The topological polar surface area (TPSA) is 63.6 Å². The minimum absolute atomic E-state index is 0.468. The van der Waals surface area contributed by atoms with Crippen LogP contribution in [0.15, 0.2) is 206 Å². The molecule has 0 aliphatic carbocycles. The van der Waals surface area contributed by atoms with Gasteiger partial charge in [0.1, 0.15) is 0 Å². The van der Waals surface area contributed by atoms with Crippen molar-refractivity contribution in [3.8, 4) is 22.3 Å². The molecule has 0 spiro atoms. The molecule has 0 aromatic heterocycles. The number of allylic oxidation sites excluding steroid dienone is 2. The predicted octanol–water partition coefficient (Wildman–Crippen LogP) is 13.3. The first-order chi connectivity index (χ1) is 28.5. The van der Waals surface area contributed by atoms with E-state index in [1.54, 1.807) is 6.26 Å². The van der Waals surface area contributed by atoms with Gasteiger partial charge < -0.3 is 9.84 Å². The number of fused-ring (bicyclic) bond motifs is 2. The molecule has 58 heavy (non-hydrogen) atoms. The van der Waals surface area contributed by atoms with Crippen LogP contribution in [-0.2, 0) is 27.2 Å². The van der Waals surface area contributed by atoms with Gasteiger partial charge in [0.05, 0.1) is 6.26 Å². The number of carboxylic acids is 1. The fourth-order valence-electron chi connectivity index (χ4n) is 7.16. The van der Waals surface area contributed by atoms with E-state index in [9.17, 15) is 14.7 Å². The van der Waals surface area contributed by atoms with Gasteiger partial charge in [-0.15, -0.1) is 0 Å². The summed E-state index contributed by atoms with van der Waals surface area (Å²) in [5, 5.41) is 14.0. The van der Waals surface area contributed by atoms with Crippen LogP contribution >= 0.6 is 0 Å². The van der Waals surface area contributed by atoms with E-state index in [2.05, 4.69) is 140 Å². The third kappa shape index (κ3) is 10.5. The maximum absolute atomic E-state index is 11.4. The fourth-order valence-corrected chi connectivity index (χ4v) is 7.16. The van der Waals surface area contributed by atoms with Gasteiger partial charge in [-0.05, 0) is 115 Å². The number of hydrogen-bond donors (Lipinski definition) is 1. The molecule has 4 heteroatoms. The molecule has 4 nitrogen and oxygen atoms in total. The van der Waals surface area contributed by atoms with Crippen molar-refractivity contribution >= 4 is 45.1 Å². The lowest BCUT2D eigenvalue weighted by Crippen LogP contribution is -1.95. The van der Waals surface area contributed by atoms with Crippen molar-refractivity contribution in [3.05, 3.63) is 229 Å². The third-order valence-electron chi connectivity index (χ3n) is 10.3. The Morgan fingerprint density at radius 3 is 1.29 bits per heavy atom. The molecular formula is C54H44O4. The van der Waals surface area contributed by atoms with Crippen LogP contribution in [0.1, 0.15) is 35.1 Å². The molecule has 8 aromatic carbocycles. The normalized spacial score (nSPS) is 11.4. The predicted molar refractivity (Wildman–Crippen MR) is 239 cm³/mol. The zero-order valence-electron chi connectivity index (χ0n) is 32.2. The smallest absolute Gasteiger partial charge is 0.328 e. The number of rotatable bonds is 13. The summed E-state index contributed by atoms with van der Waals surface area (Å²) in [7, 11) is 0. The Morgan fingerprint density at radius 2 is 0.845 bits per heavy atom. The van der Waals surface area contributed by atoms with Gasteiger partial charge in [-0.2, -0.15) is 0 Å². The summed E-state index contributed by atoms with van der Waals surface area (Å²) in [5.74, 6) is -0.910. The van der Waals surface area contributed by atoms with E-state index in [-0.39, 0.29) is 0 Å². The Bertz CT molecular complexity index is 2660. The van der Waals surface area contributed by atoms with Crippen molar-refractivity contribution in [2.24, 2.45) is 0 Å². The van der Waals surface area contributed by atoms with Gasteiger partial charge in [-0.25, -0.2) is 4.79 Å². The molecule has 0 aliphatic heterocycles. The highest BCUT2D eigenvalue weighted by molar-refractivity contribution is 5.93. The van der Waals surface area contributed by atoms with Gasteiger partial charge in [0.2, 0.25) is 0 Å². The molecule has 0 unspecified atom stereocenters. The lowest BCUT2D eigenvalue weighted by molar-refractivity contribution is -0.131. The monoisotopic (exact) mass is 756 g/mol. The minimum Gasteiger partial charge on any atom is -0.478 e. The first-order valence-corrected chi connectivity index (χ1v) is 19.5. The number of benzene rings is 8. The molecule has 0 saturated heterocycles. The number of aliphatic carboxylic acids is 1. The zero-order chi connectivity index (χ0) is 39.9.